The molecule has 0 spiro atoms. The van der Waals surface area contributed by atoms with Crippen LogP contribution >= 0.6 is 0 Å². The average Bonchev–Trinajstić information content (AvgIpc) is 3.12. The van der Waals surface area contributed by atoms with Crippen molar-refractivity contribution in [3.8, 4) is 17.3 Å². The molecule has 0 aliphatic rings. The molecule has 3 rings (SSSR count). The molecule has 1 unspecified atom stereocenters. The lowest BCUT2D eigenvalue weighted by Gasteiger charge is -2.25. The molecule has 1 N–H and O–H groups in total. The predicted octanol–water partition coefficient (Wildman–Crippen LogP) is 5.64. The van der Waals surface area contributed by atoms with Crippen molar-refractivity contribution >= 4 is 0 Å². The molecule has 0 aliphatic heterocycles. The Kier molecular flexibility index (Phi) is 10.2. The maximum absolute atomic E-state index is 13.9. The van der Waals surface area contributed by atoms with E-state index in [4.69, 9.17) is 9.47 Å². The van der Waals surface area contributed by atoms with Gasteiger partial charge in [-0.15, -0.1) is 0 Å². The predicted molar refractivity (Wildman–Crippen MR) is 132 cm³/mol. The Labute approximate surface area is 206 Å². The maximum atomic E-state index is 13.9. The quantitative estimate of drug-likeness (QED) is 0.298. The molecule has 6 nitrogen and oxygen atoms in total. The standard InChI is InChI=1S/C27H35F2N3O3/c1-4-6-15-34-19-24(33)17-31(14-5-2)18-26-20(3)30-32(23-12-10-21(28)11-13-23)27(26)35-25-9-7-8-22(29)16-25/h7-13,16,24,33H,4-6,14-15,17-19H2,1-3H3. The summed E-state index contributed by atoms with van der Waals surface area (Å²) in [5.74, 6) is -0.00227. The highest BCUT2D eigenvalue weighted by Gasteiger charge is 2.22. The Morgan fingerprint density at radius 3 is 2.51 bits per heavy atom. The van der Waals surface area contributed by atoms with Crippen molar-refractivity contribution in [2.45, 2.75) is 52.7 Å². The summed E-state index contributed by atoms with van der Waals surface area (Å²) in [6.07, 6.45) is 2.28. The van der Waals surface area contributed by atoms with Gasteiger partial charge in [-0.05, 0) is 62.7 Å². The van der Waals surface area contributed by atoms with E-state index in [1.165, 1.54) is 24.3 Å². The Bertz CT molecular complexity index is 1060. The maximum Gasteiger partial charge on any atom is 0.227 e. The number of ether oxygens (including phenoxy) is 2. The van der Waals surface area contributed by atoms with E-state index in [2.05, 4.69) is 23.8 Å². The van der Waals surface area contributed by atoms with Gasteiger partial charge in [0.15, 0.2) is 0 Å². The molecule has 2 aromatic carbocycles. The zero-order chi connectivity index (χ0) is 25.2. The van der Waals surface area contributed by atoms with Crippen LogP contribution in [0.1, 0.15) is 44.4 Å². The van der Waals surface area contributed by atoms with Crippen molar-refractivity contribution in [3.63, 3.8) is 0 Å². The average molecular weight is 488 g/mol. The highest BCUT2D eigenvalue weighted by molar-refractivity contribution is 5.43. The van der Waals surface area contributed by atoms with Crippen LogP contribution in [0.15, 0.2) is 48.5 Å². The largest absolute Gasteiger partial charge is 0.438 e. The van der Waals surface area contributed by atoms with E-state index in [1.807, 2.05) is 6.92 Å². The number of rotatable bonds is 14. The van der Waals surface area contributed by atoms with E-state index in [-0.39, 0.29) is 12.4 Å². The van der Waals surface area contributed by atoms with E-state index in [1.54, 1.807) is 28.9 Å². The number of hydrogen-bond acceptors (Lipinski definition) is 5. The van der Waals surface area contributed by atoms with Gasteiger partial charge in [0.25, 0.3) is 0 Å². The molecule has 0 aliphatic carbocycles. The van der Waals surface area contributed by atoms with Gasteiger partial charge in [-0.3, -0.25) is 4.90 Å². The highest BCUT2D eigenvalue weighted by atomic mass is 19.1. The van der Waals surface area contributed by atoms with Gasteiger partial charge in [0.1, 0.15) is 17.4 Å². The molecule has 3 aromatic rings. The summed E-state index contributed by atoms with van der Waals surface area (Å²) in [5, 5.41) is 15.2. The zero-order valence-electron chi connectivity index (χ0n) is 20.7. The summed E-state index contributed by atoms with van der Waals surface area (Å²) < 4.78 is 40.7. The molecular formula is C27H35F2N3O3. The number of aryl methyl sites for hydroxylation is 1. The lowest BCUT2D eigenvalue weighted by molar-refractivity contribution is 0.0143. The third kappa shape index (κ3) is 7.85. The molecule has 0 fully saturated rings. The van der Waals surface area contributed by atoms with Crippen molar-refractivity contribution in [2.24, 2.45) is 0 Å². The molecular weight excluding hydrogens is 452 g/mol. The lowest BCUT2D eigenvalue weighted by Crippen LogP contribution is -2.35. The molecule has 35 heavy (non-hydrogen) atoms. The van der Waals surface area contributed by atoms with Crippen molar-refractivity contribution in [1.29, 1.82) is 0 Å². The van der Waals surface area contributed by atoms with Crippen molar-refractivity contribution in [3.05, 3.63) is 71.4 Å². The number of hydrogen-bond donors (Lipinski definition) is 1. The van der Waals surface area contributed by atoms with Crippen molar-refractivity contribution in [2.75, 3.05) is 26.3 Å². The normalized spacial score (nSPS) is 12.3. The topological polar surface area (TPSA) is 59.8 Å². The van der Waals surface area contributed by atoms with Crippen LogP contribution in [0.3, 0.4) is 0 Å². The van der Waals surface area contributed by atoms with E-state index < -0.39 is 11.9 Å². The fraction of sp³-hybridized carbons (Fsp3) is 0.444. The first-order chi connectivity index (χ1) is 16.9. The Hall–Kier alpha value is -2.81. The van der Waals surface area contributed by atoms with Crippen LogP contribution in [0.5, 0.6) is 11.6 Å². The van der Waals surface area contributed by atoms with Gasteiger partial charge in [-0.25, -0.2) is 13.5 Å². The third-order valence-corrected chi connectivity index (χ3v) is 5.56. The summed E-state index contributed by atoms with van der Waals surface area (Å²) in [4.78, 5) is 2.13. The highest BCUT2D eigenvalue weighted by Crippen LogP contribution is 2.32. The molecule has 0 saturated heterocycles. The monoisotopic (exact) mass is 487 g/mol. The van der Waals surface area contributed by atoms with Crippen LogP contribution in [-0.4, -0.2) is 52.2 Å². The van der Waals surface area contributed by atoms with Gasteiger partial charge < -0.3 is 14.6 Å². The number of halogens is 2. The molecule has 0 radical (unpaired) electrons. The molecule has 1 atom stereocenters. The lowest BCUT2D eigenvalue weighted by atomic mass is 10.2. The van der Waals surface area contributed by atoms with Gasteiger partial charge in [-0.1, -0.05) is 26.3 Å². The van der Waals surface area contributed by atoms with Gasteiger partial charge >= 0.3 is 0 Å². The van der Waals surface area contributed by atoms with Gasteiger partial charge in [-0.2, -0.15) is 5.10 Å². The molecule has 1 heterocycles. The number of aliphatic hydroxyl groups is 1. The first kappa shape index (κ1) is 26.8. The minimum atomic E-state index is -0.626. The van der Waals surface area contributed by atoms with Crippen molar-refractivity contribution in [1.82, 2.24) is 14.7 Å². The molecule has 0 saturated carbocycles. The number of aromatic nitrogens is 2. The van der Waals surface area contributed by atoms with Gasteiger partial charge in [0, 0.05) is 25.8 Å². The molecule has 190 valence electrons. The second kappa shape index (κ2) is 13.3. The van der Waals surface area contributed by atoms with E-state index in [0.29, 0.717) is 37.0 Å². The summed E-state index contributed by atoms with van der Waals surface area (Å²) in [6, 6.07) is 11.9. The number of aliphatic hydroxyl groups excluding tert-OH is 1. The van der Waals surface area contributed by atoms with Crippen molar-refractivity contribution < 1.29 is 23.4 Å². The molecule has 0 amide bonds. The summed E-state index contributed by atoms with van der Waals surface area (Å²) >= 11 is 0. The number of benzene rings is 2. The fourth-order valence-electron chi connectivity index (χ4n) is 3.82. The third-order valence-electron chi connectivity index (χ3n) is 5.56. The smallest absolute Gasteiger partial charge is 0.227 e. The van der Waals surface area contributed by atoms with E-state index in [0.717, 1.165) is 37.1 Å². The van der Waals surface area contributed by atoms with Crippen LogP contribution < -0.4 is 4.74 Å². The Morgan fingerprint density at radius 2 is 1.83 bits per heavy atom. The summed E-state index contributed by atoms with van der Waals surface area (Å²) in [7, 11) is 0. The minimum Gasteiger partial charge on any atom is -0.438 e. The summed E-state index contributed by atoms with van der Waals surface area (Å²) in [5.41, 5.74) is 2.17. The van der Waals surface area contributed by atoms with Gasteiger partial charge in [0.2, 0.25) is 5.88 Å². The van der Waals surface area contributed by atoms with E-state index in [9.17, 15) is 13.9 Å². The first-order valence-corrected chi connectivity index (χ1v) is 12.2. The Balaban J connectivity index is 1.89. The minimum absolute atomic E-state index is 0.278. The molecule has 0 bridgehead atoms. The second-order valence-electron chi connectivity index (χ2n) is 8.63. The number of unbranched alkanes of at least 4 members (excludes halogenated alkanes) is 1. The molecule has 1 aromatic heterocycles. The summed E-state index contributed by atoms with van der Waals surface area (Å²) in [6.45, 7) is 8.63. The Morgan fingerprint density at radius 1 is 1.06 bits per heavy atom. The van der Waals surface area contributed by atoms with E-state index >= 15 is 0 Å². The first-order valence-electron chi connectivity index (χ1n) is 12.2. The SMILES string of the molecule is CCCCOCC(O)CN(CCC)Cc1c(C)nn(-c2ccc(F)cc2)c1Oc1cccc(F)c1. The fourth-order valence-corrected chi connectivity index (χ4v) is 3.82. The second-order valence-corrected chi connectivity index (χ2v) is 8.63. The van der Waals surface area contributed by atoms with Crippen LogP contribution in [0.25, 0.3) is 5.69 Å². The number of nitrogens with zero attached hydrogens (tertiary/aromatic N) is 3. The van der Waals surface area contributed by atoms with Crippen LogP contribution in [-0.2, 0) is 11.3 Å². The van der Waals surface area contributed by atoms with Crippen LogP contribution in [0, 0.1) is 18.6 Å². The van der Waals surface area contributed by atoms with Crippen LogP contribution in [0.4, 0.5) is 8.78 Å². The van der Waals surface area contributed by atoms with Gasteiger partial charge in [0.05, 0.1) is 29.7 Å². The molecule has 8 heteroatoms. The van der Waals surface area contributed by atoms with Crippen LogP contribution in [0.2, 0.25) is 0 Å². The zero-order valence-corrected chi connectivity index (χ0v) is 20.7.